The van der Waals surface area contributed by atoms with Crippen LogP contribution in [0.3, 0.4) is 0 Å². The van der Waals surface area contributed by atoms with Gasteiger partial charge in [-0.2, -0.15) is 0 Å². The van der Waals surface area contributed by atoms with E-state index in [0.29, 0.717) is 16.7 Å². The summed E-state index contributed by atoms with van der Waals surface area (Å²) in [5.74, 6) is 0.309. The number of amides is 1. The minimum Gasteiger partial charge on any atom is -0.488 e. The molecular formula is C20H21FN4O2S. The first-order valence-electron chi connectivity index (χ1n) is 9.15. The van der Waals surface area contributed by atoms with Crippen LogP contribution in [0.2, 0.25) is 0 Å². The Labute approximate surface area is 166 Å². The fourth-order valence-corrected chi connectivity index (χ4v) is 4.40. The van der Waals surface area contributed by atoms with Crippen LogP contribution < -0.4 is 10.1 Å². The number of hydrogen-bond donors (Lipinski definition) is 1. The quantitative estimate of drug-likeness (QED) is 0.705. The van der Waals surface area contributed by atoms with Gasteiger partial charge in [-0.25, -0.2) is 9.37 Å². The van der Waals surface area contributed by atoms with Gasteiger partial charge in [0.15, 0.2) is 5.13 Å². The molecule has 1 aromatic carbocycles. The second-order valence-electron chi connectivity index (χ2n) is 7.04. The average molecular weight is 400 g/mol. The van der Waals surface area contributed by atoms with Crippen LogP contribution >= 0.6 is 11.3 Å². The van der Waals surface area contributed by atoms with Gasteiger partial charge < -0.3 is 10.1 Å². The Morgan fingerprint density at radius 1 is 1.39 bits per heavy atom. The Morgan fingerprint density at radius 2 is 2.25 bits per heavy atom. The highest BCUT2D eigenvalue weighted by atomic mass is 32.1. The van der Waals surface area contributed by atoms with E-state index in [9.17, 15) is 9.18 Å². The number of likely N-dealkylation sites (tertiary alicyclic amines) is 1. The number of aromatic nitrogens is 2. The van der Waals surface area contributed by atoms with Crippen LogP contribution in [0.4, 0.5) is 9.52 Å². The van der Waals surface area contributed by atoms with Gasteiger partial charge in [0.25, 0.3) is 0 Å². The second-order valence-corrected chi connectivity index (χ2v) is 8.15. The molecule has 4 rings (SSSR count). The first-order valence-corrected chi connectivity index (χ1v) is 9.97. The number of nitrogens with zero attached hydrogens (tertiary/aromatic N) is 3. The van der Waals surface area contributed by atoms with Crippen LogP contribution in [-0.4, -0.2) is 39.5 Å². The number of thiazole rings is 1. The zero-order chi connectivity index (χ0) is 19.7. The molecule has 0 spiro atoms. The number of carbonyl (C=O) groups excluding carboxylic acids is 1. The van der Waals surface area contributed by atoms with E-state index in [2.05, 4.69) is 27.1 Å². The van der Waals surface area contributed by atoms with Gasteiger partial charge >= 0.3 is 0 Å². The minimum absolute atomic E-state index is 0.0494. The van der Waals surface area contributed by atoms with Crippen molar-refractivity contribution in [2.45, 2.75) is 39.0 Å². The third-order valence-corrected chi connectivity index (χ3v) is 5.72. The van der Waals surface area contributed by atoms with E-state index in [1.807, 2.05) is 12.3 Å². The summed E-state index contributed by atoms with van der Waals surface area (Å²) in [6, 6.07) is 6.75. The van der Waals surface area contributed by atoms with Crippen LogP contribution in [0.5, 0.6) is 5.75 Å². The predicted molar refractivity (Wildman–Crippen MR) is 107 cm³/mol. The van der Waals surface area contributed by atoms with Gasteiger partial charge in [-0.3, -0.25) is 14.7 Å². The Balaban J connectivity index is 1.43. The molecule has 0 aliphatic carbocycles. The lowest BCUT2D eigenvalue weighted by Gasteiger charge is -2.19. The lowest BCUT2D eigenvalue weighted by molar-refractivity contribution is -0.114. The molecule has 1 aliphatic rings. The molecule has 146 valence electrons. The molecule has 1 saturated heterocycles. The van der Waals surface area contributed by atoms with Crippen molar-refractivity contribution in [2.24, 2.45) is 0 Å². The highest BCUT2D eigenvalue weighted by molar-refractivity contribution is 7.15. The highest BCUT2D eigenvalue weighted by Gasteiger charge is 2.31. The fourth-order valence-electron chi connectivity index (χ4n) is 3.52. The molecule has 0 bridgehead atoms. The highest BCUT2D eigenvalue weighted by Crippen LogP contribution is 2.30. The molecule has 8 heteroatoms. The number of pyridine rings is 1. The van der Waals surface area contributed by atoms with Crippen molar-refractivity contribution in [1.82, 2.24) is 14.9 Å². The first-order chi connectivity index (χ1) is 13.5. The van der Waals surface area contributed by atoms with Crippen molar-refractivity contribution < 1.29 is 13.9 Å². The number of anilines is 1. The Morgan fingerprint density at radius 3 is 3.07 bits per heavy atom. The molecule has 6 nitrogen and oxygen atoms in total. The SMILES string of the molecule is CC(=O)Nc1ncc(CN2C[C@H](Oc3ccnc4cc(F)ccc34)C[C@@H]2C)s1. The van der Waals surface area contributed by atoms with E-state index < -0.39 is 0 Å². The molecular weight excluding hydrogens is 379 g/mol. The predicted octanol–water partition coefficient (Wildman–Crippen LogP) is 3.83. The standard InChI is InChI=1S/C20H21FN4O2S/c1-12-7-15(10-25(12)11-16-9-23-20(28-16)24-13(2)26)27-19-5-6-22-18-8-14(21)3-4-17(18)19/h3-6,8-9,12,15H,7,10-11H2,1-2H3,(H,23,24,26)/t12-,15+/m0/s1. The Kier molecular flexibility index (Phi) is 5.23. The van der Waals surface area contributed by atoms with Crippen molar-refractivity contribution >= 4 is 33.3 Å². The Hall–Kier alpha value is -2.58. The number of nitrogens with one attached hydrogen (secondary N) is 1. The number of carbonyl (C=O) groups is 1. The molecule has 0 radical (unpaired) electrons. The summed E-state index contributed by atoms with van der Waals surface area (Å²) in [7, 11) is 0. The zero-order valence-electron chi connectivity index (χ0n) is 15.7. The van der Waals surface area contributed by atoms with Crippen molar-refractivity contribution in [3.8, 4) is 5.75 Å². The number of ether oxygens (including phenoxy) is 1. The maximum absolute atomic E-state index is 13.4. The van der Waals surface area contributed by atoms with Crippen molar-refractivity contribution in [3.05, 3.63) is 47.4 Å². The van der Waals surface area contributed by atoms with Gasteiger partial charge in [0.2, 0.25) is 5.91 Å². The summed E-state index contributed by atoms with van der Waals surface area (Å²) in [5.41, 5.74) is 0.593. The van der Waals surface area contributed by atoms with Crippen LogP contribution in [-0.2, 0) is 11.3 Å². The van der Waals surface area contributed by atoms with Gasteiger partial charge in [-0.1, -0.05) is 0 Å². The summed E-state index contributed by atoms with van der Waals surface area (Å²) < 4.78 is 19.7. The maximum atomic E-state index is 13.4. The van der Waals surface area contributed by atoms with E-state index >= 15 is 0 Å². The number of fused-ring (bicyclic) bond motifs is 1. The lowest BCUT2D eigenvalue weighted by Crippen LogP contribution is -2.27. The topological polar surface area (TPSA) is 67.4 Å². The van der Waals surface area contributed by atoms with Crippen molar-refractivity contribution in [1.29, 1.82) is 0 Å². The van der Waals surface area contributed by atoms with Crippen LogP contribution in [0.15, 0.2) is 36.7 Å². The molecule has 3 aromatic rings. The summed E-state index contributed by atoms with van der Waals surface area (Å²) in [6.07, 6.45) is 4.41. The molecule has 2 atom stereocenters. The first kappa shape index (κ1) is 18.8. The van der Waals surface area contributed by atoms with Crippen molar-refractivity contribution in [3.63, 3.8) is 0 Å². The number of rotatable bonds is 5. The zero-order valence-corrected chi connectivity index (χ0v) is 16.5. The van der Waals surface area contributed by atoms with Crippen LogP contribution in [0, 0.1) is 5.82 Å². The third-order valence-electron chi connectivity index (χ3n) is 4.82. The molecule has 28 heavy (non-hydrogen) atoms. The lowest BCUT2D eigenvalue weighted by atomic mass is 10.2. The van der Waals surface area contributed by atoms with Gasteiger partial charge in [-0.05, 0) is 25.1 Å². The third kappa shape index (κ3) is 4.13. The minimum atomic E-state index is -0.305. The fraction of sp³-hybridized carbons (Fsp3) is 0.350. The molecule has 0 saturated carbocycles. The van der Waals surface area contributed by atoms with Crippen LogP contribution in [0.1, 0.15) is 25.1 Å². The van der Waals surface area contributed by atoms with E-state index in [0.717, 1.165) is 35.5 Å². The molecule has 1 aliphatic heterocycles. The molecule has 1 amide bonds. The molecule has 0 unspecified atom stereocenters. The Bertz CT molecular complexity index is 1010. The summed E-state index contributed by atoms with van der Waals surface area (Å²) in [6.45, 7) is 5.21. The number of halogens is 1. The second kappa shape index (κ2) is 7.81. The van der Waals surface area contributed by atoms with Gasteiger partial charge in [0.05, 0.1) is 5.52 Å². The molecule has 1 N–H and O–H groups in total. The molecule has 1 fully saturated rings. The van der Waals surface area contributed by atoms with Gasteiger partial charge in [0.1, 0.15) is 17.7 Å². The smallest absolute Gasteiger partial charge is 0.223 e. The van der Waals surface area contributed by atoms with Crippen LogP contribution in [0.25, 0.3) is 10.9 Å². The summed E-state index contributed by atoms with van der Waals surface area (Å²) in [5, 5.41) is 4.16. The summed E-state index contributed by atoms with van der Waals surface area (Å²) in [4.78, 5) is 23.1. The summed E-state index contributed by atoms with van der Waals surface area (Å²) >= 11 is 1.49. The number of hydrogen-bond acceptors (Lipinski definition) is 6. The maximum Gasteiger partial charge on any atom is 0.223 e. The van der Waals surface area contributed by atoms with E-state index in [1.54, 1.807) is 12.3 Å². The van der Waals surface area contributed by atoms with E-state index in [4.69, 9.17) is 4.74 Å². The van der Waals surface area contributed by atoms with Crippen molar-refractivity contribution in [2.75, 3.05) is 11.9 Å². The van der Waals surface area contributed by atoms with E-state index in [-0.39, 0.29) is 17.8 Å². The average Bonchev–Trinajstić information content (AvgIpc) is 3.21. The monoisotopic (exact) mass is 400 g/mol. The molecule has 3 heterocycles. The van der Waals surface area contributed by atoms with E-state index in [1.165, 1.54) is 30.4 Å². The largest absolute Gasteiger partial charge is 0.488 e. The number of benzene rings is 1. The molecule has 2 aromatic heterocycles. The normalized spacial score (nSPS) is 19.8. The van der Waals surface area contributed by atoms with Gasteiger partial charge in [-0.15, -0.1) is 11.3 Å². The van der Waals surface area contributed by atoms with Gasteiger partial charge in [0, 0.05) is 61.2 Å².